The van der Waals surface area contributed by atoms with E-state index in [9.17, 15) is 5.11 Å². The van der Waals surface area contributed by atoms with Gasteiger partial charge in [0.15, 0.2) is 0 Å². The summed E-state index contributed by atoms with van der Waals surface area (Å²) in [6.45, 7) is 0.00492. The van der Waals surface area contributed by atoms with Crippen molar-refractivity contribution in [3.05, 3.63) is 40.9 Å². The summed E-state index contributed by atoms with van der Waals surface area (Å²) in [5.74, 6) is 0. The first kappa shape index (κ1) is 10.3. The van der Waals surface area contributed by atoms with Gasteiger partial charge in [-0.15, -0.1) is 0 Å². The fourth-order valence-electron chi connectivity index (χ4n) is 0.994. The SMILES string of the molecule is [O]CCC/C=C/c1ccc(Cl)cc1. The van der Waals surface area contributed by atoms with E-state index in [4.69, 9.17) is 11.6 Å². The van der Waals surface area contributed by atoms with Crippen molar-refractivity contribution in [1.29, 1.82) is 0 Å². The van der Waals surface area contributed by atoms with E-state index in [1.165, 1.54) is 0 Å². The molecule has 0 unspecified atom stereocenters. The third-order valence-corrected chi connectivity index (χ3v) is 1.95. The zero-order chi connectivity index (χ0) is 9.52. The number of unbranched alkanes of at least 4 members (excludes halogenated alkanes) is 1. The van der Waals surface area contributed by atoms with Crippen molar-refractivity contribution in [2.45, 2.75) is 12.8 Å². The van der Waals surface area contributed by atoms with E-state index in [0.29, 0.717) is 6.42 Å². The third-order valence-electron chi connectivity index (χ3n) is 1.70. The average Bonchev–Trinajstić information content (AvgIpc) is 2.15. The molecule has 0 amide bonds. The lowest BCUT2D eigenvalue weighted by Gasteiger charge is -1.93. The molecule has 0 N–H and O–H groups in total. The topological polar surface area (TPSA) is 19.9 Å². The Balaban J connectivity index is 2.44. The van der Waals surface area contributed by atoms with Crippen LogP contribution >= 0.6 is 11.6 Å². The Hall–Kier alpha value is -0.790. The Kier molecular flexibility index (Phi) is 4.58. The molecule has 0 spiro atoms. The van der Waals surface area contributed by atoms with Crippen LogP contribution in [0.25, 0.3) is 6.08 Å². The lowest BCUT2D eigenvalue weighted by molar-refractivity contribution is 0.190. The largest absolute Gasteiger partial charge is 0.237 e. The minimum atomic E-state index is 0.00492. The van der Waals surface area contributed by atoms with Gasteiger partial charge >= 0.3 is 0 Å². The van der Waals surface area contributed by atoms with Gasteiger partial charge in [-0.05, 0) is 30.5 Å². The standard InChI is InChI=1S/C11H12ClO/c12-11-7-5-10(6-8-11)4-2-1-3-9-13/h2,4-8H,1,3,9H2/b4-2+. The molecular formula is C11H12ClO. The highest BCUT2D eigenvalue weighted by Gasteiger charge is 1.87. The second kappa shape index (κ2) is 5.79. The highest BCUT2D eigenvalue weighted by Crippen LogP contribution is 2.10. The van der Waals surface area contributed by atoms with Crippen molar-refractivity contribution in [3.8, 4) is 0 Å². The zero-order valence-electron chi connectivity index (χ0n) is 7.37. The molecule has 0 saturated carbocycles. The van der Waals surface area contributed by atoms with Crippen molar-refractivity contribution in [2.24, 2.45) is 0 Å². The molecule has 0 atom stereocenters. The van der Waals surface area contributed by atoms with Gasteiger partial charge in [-0.2, -0.15) is 0 Å². The first-order chi connectivity index (χ1) is 6.33. The highest BCUT2D eigenvalue weighted by atomic mass is 35.5. The van der Waals surface area contributed by atoms with Crippen molar-refractivity contribution in [1.82, 2.24) is 0 Å². The van der Waals surface area contributed by atoms with Crippen LogP contribution < -0.4 is 0 Å². The fourth-order valence-corrected chi connectivity index (χ4v) is 1.12. The second-order valence-corrected chi connectivity index (χ2v) is 3.24. The van der Waals surface area contributed by atoms with E-state index < -0.39 is 0 Å². The summed E-state index contributed by atoms with van der Waals surface area (Å²) in [6, 6.07) is 7.62. The quantitative estimate of drug-likeness (QED) is 0.655. The summed E-state index contributed by atoms with van der Waals surface area (Å²) in [7, 11) is 0. The lowest BCUT2D eigenvalue weighted by atomic mass is 10.2. The van der Waals surface area contributed by atoms with E-state index in [-0.39, 0.29) is 6.61 Å². The Morgan fingerprint density at radius 2 is 1.92 bits per heavy atom. The van der Waals surface area contributed by atoms with Gasteiger partial charge in [-0.3, -0.25) is 0 Å². The van der Waals surface area contributed by atoms with Crippen molar-refractivity contribution >= 4 is 17.7 Å². The second-order valence-electron chi connectivity index (χ2n) is 2.80. The van der Waals surface area contributed by atoms with Crippen LogP contribution in [0.4, 0.5) is 0 Å². The van der Waals surface area contributed by atoms with Gasteiger partial charge in [0.25, 0.3) is 0 Å². The number of rotatable bonds is 4. The molecule has 69 valence electrons. The minimum Gasteiger partial charge on any atom is -0.237 e. The number of allylic oxidation sites excluding steroid dienone is 1. The van der Waals surface area contributed by atoms with Crippen LogP contribution in [0.3, 0.4) is 0 Å². The molecule has 2 heteroatoms. The van der Waals surface area contributed by atoms with Gasteiger partial charge in [0.1, 0.15) is 0 Å². The molecule has 0 heterocycles. The molecular weight excluding hydrogens is 184 g/mol. The molecule has 0 fully saturated rings. The van der Waals surface area contributed by atoms with E-state index in [1.54, 1.807) is 0 Å². The molecule has 0 aliphatic rings. The Bertz CT molecular complexity index is 264. The first-order valence-electron chi connectivity index (χ1n) is 4.33. The average molecular weight is 196 g/mol. The highest BCUT2D eigenvalue weighted by molar-refractivity contribution is 6.30. The number of halogens is 1. The first-order valence-corrected chi connectivity index (χ1v) is 4.71. The summed E-state index contributed by atoms with van der Waals surface area (Å²) in [5, 5.41) is 10.9. The Morgan fingerprint density at radius 3 is 2.54 bits per heavy atom. The maximum absolute atomic E-state index is 10.1. The lowest BCUT2D eigenvalue weighted by Crippen LogP contribution is -1.76. The molecule has 1 nitrogen and oxygen atoms in total. The van der Waals surface area contributed by atoms with Crippen LogP contribution in [0.1, 0.15) is 18.4 Å². The van der Waals surface area contributed by atoms with E-state index in [0.717, 1.165) is 17.0 Å². The summed E-state index contributed by atoms with van der Waals surface area (Å²) < 4.78 is 0. The number of benzene rings is 1. The molecule has 0 saturated heterocycles. The van der Waals surface area contributed by atoms with Gasteiger partial charge in [0.05, 0.1) is 6.61 Å². The van der Waals surface area contributed by atoms with Crippen molar-refractivity contribution < 1.29 is 5.11 Å². The monoisotopic (exact) mass is 195 g/mol. The van der Waals surface area contributed by atoms with Gasteiger partial charge in [-0.25, -0.2) is 5.11 Å². The van der Waals surface area contributed by atoms with Crippen molar-refractivity contribution in [2.75, 3.05) is 6.61 Å². The molecule has 1 aromatic rings. The summed E-state index contributed by atoms with van der Waals surface area (Å²) in [5.41, 5.74) is 1.12. The predicted molar refractivity (Wildman–Crippen MR) is 55.3 cm³/mol. The predicted octanol–water partition coefficient (Wildman–Crippen LogP) is 3.56. The van der Waals surface area contributed by atoms with Gasteiger partial charge in [-0.1, -0.05) is 35.9 Å². The molecule has 13 heavy (non-hydrogen) atoms. The summed E-state index contributed by atoms with van der Waals surface area (Å²) in [6.07, 6.45) is 5.59. The maximum Gasteiger partial charge on any atom is 0.0825 e. The fraction of sp³-hybridized carbons (Fsp3) is 0.273. The molecule has 1 aromatic carbocycles. The minimum absolute atomic E-state index is 0.00492. The smallest absolute Gasteiger partial charge is 0.0825 e. The number of hydrogen-bond acceptors (Lipinski definition) is 0. The van der Waals surface area contributed by atoms with Crippen LogP contribution in [-0.2, 0) is 5.11 Å². The molecule has 0 bridgehead atoms. The van der Waals surface area contributed by atoms with Gasteiger partial charge in [0.2, 0.25) is 0 Å². The third kappa shape index (κ3) is 4.11. The molecule has 0 aliphatic heterocycles. The molecule has 0 aliphatic carbocycles. The van der Waals surface area contributed by atoms with Gasteiger partial charge in [0, 0.05) is 5.02 Å². The van der Waals surface area contributed by atoms with Crippen LogP contribution in [-0.4, -0.2) is 6.61 Å². The van der Waals surface area contributed by atoms with E-state index >= 15 is 0 Å². The van der Waals surface area contributed by atoms with E-state index in [1.807, 2.05) is 36.4 Å². The van der Waals surface area contributed by atoms with Gasteiger partial charge < -0.3 is 0 Å². The molecule has 0 aromatic heterocycles. The molecule has 1 radical (unpaired) electrons. The Labute approximate surface area is 83.7 Å². The van der Waals surface area contributed by atoms with Crippen LogP contribution in [0.5, 0.6) is 0 Å². The maximum atomic E-state index is 10.1. The number of hydrogen-bond donors (Lipinski definition) is 0. The van der Waals surface area contributed by atoms with Crippen LogP contribution in [0.15, 0.2) is 30.3 Å². The van der Waals surface area contributed by atoms with E-state index in [2.05, 4.69) is 0 Å². The van der Waals surface area contributed by atoms with Crippen LogP contribution in [0.2, 0.25) is 5.02 Å². The Morgan fingerprint density at radius 1 is 1.23 bits per heavy atom. The molecule has 1 rings (SSSR count). The van der Waals surface area contributed by atoms with Crippen LogP contribution in [0, 0.1) is 0 Å². The summed E-state index contributed by atoms with van der Waals surface area (Å²) >= 11 is 5.73. The summed E-state index contributed by atoms with van der Waals surface area (Å²) in [4.78, 5) is 0. The van der Waals surface area contributed by atoms with Crippen molar-refractivity contribution in [3.63, 3.8) is 0 Å². The zero-order valence-corrected chi connectivity index (χ0v) is 8.13. The normalized spacial score (nSPS) is 10.9.